The Morgan fingerprint density at radius 1 is 1.31 bits per heavy atom. The molecule has 26 heavy (non-hydrogen) atoms. The third-order valence-corrected chi connectivity index (χ3v) is 4.64. The van der Waals surface area contributed by atoms with E-state index < -0.39 is 5.82 Å². The fraction of sp³-hybridized carbons (Fsp3) is 0.444. The molecule has 3 heterocycles. The van der Waals surface area contributed by atoms with Gasteiger partial charge in [-0.3, -0.25) is 9.78 Å². The van der Waals surface area contributed by atoms with Gasteiger partial charge in [-0.1, -0.05) is 0 Å². The summed E-state index contributed by atoms with van der Waals surface area (Å²) in [6.07, 6.45) is 7.45. The smallest absolute Gasteiger partial charge is 0.257 e. The number of amides is 1. The maximum Gasteiger partial charge on any atom is 0.257 e. The van der Waals surface area contributed by atoms with Crippen LogP contribution in [-0.2, 0) is 0 Å². The summed E-state index contributed by atoms with van der Waals surface area (Å²) in [4.78, 5) is 28.4. The molecule has 7 nitrogen and oxygen atoms in total. The SMILES string of the molecule is COc1nccnc1N(C)CC1CCN(C(=O)c2ccncc2F)CC1. The van der Waals surface area contributed by atoms with Crippen LogP contribution < -0.4 is 9.64 Å². The number of methoxy groups -OCH3 is 1. The number of ether oxygens (including phenoxy) is 1. The summed E-state index contributed by atoms with van der Waals surface area (Å²) in [5.74, 6) is 0.766. The third kappa shape index (κ3) is 3.89. The Kier molecular flexibility index (Phi) is 5.60. The van der Waals surface area contributed by atoms with Crippen molar-refractivity contribution in [3.05, 3.63) is 42.2 Å². The van der Waals surface area contributed by atoms with Crippen LogP contribution >= 0.6 is 0 Å². The van der Waals surface area contributed by atoms with Gasteiger partial charge in [0.25, 0.3) is 11.8 Å². The van der Waals surface area contributed by atoms with Crippen molar-refractivity contribution in [1.82, 2.24) is 19.9 Å². The third-order valence-electron chi connectivity index (χ3n) is 4.64. The molecule has 0 unspecified atom stereocenters. The summed E-state index contributed by atoms with van der Waals surface area (Å²) < 4.78 is 19.0. The highest BCUT2D eigenvalue weighted by molar-refractivity contribution is 5.94. The molecule has 1 fully saturated rings. The van der Waals surface area contributed by atoms with Crippen molar-refractivity contribution in [1.29, 1.82) is 0 Å². The largest absolute Gasteiger partial charge is 0.478 e. The summed E-state index contributed by atoms with van der Waals surface area (Å²) in [7, 11) is 3.53. The molecule has 0 bridgehead atoms. The number of likely N-dealkylation sites (tertiary alicyclic amines) is 1. The van der Waals surface area contributed by atoms with Crippen molar-refractivity contribution in [3.63, 3.8) is 0 Å². The molecule has 3 rings (SSSR count). The monoisotopic (exact) mass is 359 g/mol. The van der Waals surface area contributed by atoms with E-state index in [0.29, 0.717) is 30.7 Å². The number of anilines is 1. The first kappa shape index (κ1) is 18.0. The van der Waals surface area contributed by atoms with Crippen molar-refractivity contribution >= 4 is 11.7 Å². The zero-order chi connectivity index (χ0) is 18.5. The van der Waals surface area contributed by atoms with Crippen LogP contribution in [-0.4, -0.2) is 59.6 Å². The number of hydrogen-bond acceptors (Lipinski definition) is 6. The highest BCUT2D eigenvalue weighted by atomic mass is 19.1. The molecule has 0 spiro atoms. The molecule has 0 atom stereocenters. The molecule has 1 aliphatic heterocycles. The summed E-state index contributed by atoms with van der Waals surface area (Å²) in [6.45, 7) is 2.01. The van der Waals surface area contributed by atoms with E-state index in [0.717, 1.165) is 25.6 Å². The molecule has 1 saturated heterocycles. The fourth-order valence-electron chi connectivity index (χ4n) is 3.24. The number of aromatic nitrogens is 3. The highest BCUT2D eigenvalue weighted by Gasteiger charge is 2.26. The Labute approximate surface area is 151 Å². The van der Waals surface area contributed by atoms with Gasteiger partial charge in [0.05, 0.1) is 18.9 Å². The predicted molar refractivity (Wildman–Crippen MR) is 94.7 cm³/mol. The molecular weight excluding hydrogens is 337 g/mol. The van der Waals surface area contributed by atoms with Crippen molar-refractivity contribution in [3.8, 4) is 5.88 Å². The van der Waals surface area contributed by atoms with E-state index in [1.807, 2.05) is 11.9 Å². The van der Waals surface area contributed by atoms with E-state index in [1.54, 1.807) is 24.4 Å². The molecule has 0 radical (unpaired) electrons. The minimum absolute atomic E-state index is 0.0832. The topological polar surface area (TPSA) is 71.5 Å². The molecule has 1 aliphatic rings. The van der Waals surface area contributed by atoms with Gasteiger partial charge in [-0.2, -0.15) is 0 Å². The van der Waals surface area contributed by atoms with E-state index in [2.05, 4.69) is 15.0 Å². The van der Waals surface area contributed by atoms with E-state index >= 15 is 0 Å². The lowest BCUT2D eigenvalue weighted by Gasteiger charge is -2.34. The maximum atomic E-state index is 13.8. The number of hydrogen-bond donors (Lipinski definition) is 0. The summed E-state index contributed by atoms with van der Waals surface area (Å²) in [6, 6.07) is 1.43. The summed E-state index contributed by atoms with van der Waals surface area (Å²) >= 11 is 0. The van der Waals surface area contributed by atoms with Gasteiger partial charge in [-0.05, 0) is 24.8 Å². The normalized spacial score (nSPS) is 15.0. The summed E-state index contributed by atoms with van der Waals surface area (Å²) in [5.41, 5.74) is 0.0832. The second-order valence-corrected chi connectivity index (χ2v) is 6.36. The predicted octanol–water partition coefficient (Wildman–Crippen LogP) is 2.01. The van der Waals surface area contributed by atoms with Crippen LogP contribution in [0.25, 0.3) is 0 Å². The molecular formula is C18H22FN5O2. The van der Waals surface area contributed by atoms with Crippen LogP contribution in [0.15, 0.2) is 30.9 Å². The minimum atomic E-state index is -0.575. The van der Waals surface area contributed by atoms with Gasteiger partial charge in [-0.15, -0.1) is 0 Å². The van der Waals surface area contributed by atoms with Gasteiger partial charge in [0, 0.05) is 45.3 Å². The second kappa shape index (κ2) is 8.07. The zero-order valence-electron chi connectivity index (χ0n) is 14.9. The zero-order valence-corrected chi connectivity index (χ0v) is 14.9. The van der Waals surface area contributed by atoms with Gasteiger partial charge < -0.3 is 14.5 Å². The van der Waals surface area contributed by atoms with Gasteiger partial charge >= 0.3 is 0 Å². The first-order valence-electron chi connectivity index (χ1n) is 8.55. The van der Waals surface area contributed by atoms with Crippen LogP contribution in [0.4, 0.5) is 10.2 Å². The molecule has 0 aliphatic carbocycles. The number of pyridine rings is 1. The van der Waals surface area contributed by atoms with Gasteiger partial charge in [-0.25, -0.2) is 14.4 Å². The lowest BCUT2D eigenvalue weighted by molar-refractivity contribution is 0.0688. The molecule has 0 N–H and O–H groups in total. The average Bonchev–Trinajstić information content (AvgIpc) is 2.68. The van der Waals surface area contributed by atoms with Crippen molar-refractivity contribution < 1.29 is 13.9 Å². The van der Waals surface area contributed by atoms with E-state index in [4.69, 9.17) is 4.74 Å². The standard InChI is InChI=1S/C18H22FN5O2/c1-23(16-17(26-2)22-8-7-21-16)12-13-4-9-24(10-5-13)18(25)14-3-6-20-11-15(14)19/h3,6-8,11,13H,4-5,9-10,12H2,1-2H3. The highest BCUT2D eigenvalue weighted by Crippen LogP contribution is 2.25. The Balaban J connectivity index is 1.57. The van der Waals surface area contributed by atoms with E-state index in [-0.39, 0.29) is 11.5 Å². The fourth-order valence-corrected chi connectivity index (χ4v) is 3.24. The second-order valence-electron chi connectivity index (χ2n) is 6.36. The minimum Gasteiger partial charge on any atom is -0.478 e. The van der Waals surface area contributed by atoms with Crippen molar-refractivity contribution in [2.75, 3.05) is 38.7 Å². The molecule has 8 heteroatoms. The first-order chi connectivity index (χ1) is 12.6. The number of halogens is 1. The lowest BCUT2D eigenvalue weighted by Crippen LogP contribution is -2.41. The average molecular weight is 359 g/mol. The molecule has 2 aromatic rings. The number of carbonyl (C=O) groups is 1. The van der Waals surface area contributed by atoms with Crippen LogP contribution in [0.3, 0.4) is 0 Å². The van der Waals surface area contributed by atoms with Crippen LogP contribution in [0.2, 0.25) is 0 Å². The van der Waals surface area contributed by atoms with Gasteiger partial charge in [0.2, 0.25) is 0 Å². The van der Waals surface area contributed by atoms with Crippen LogP contribution in [0.5, 0.6) is 5.88 Å². The Morgan fingerprint density at radius 3 is 2.73 bits per heavy atom. The Bertz CT molecular complexity index is 765. The van der Waals surface area contributed by atoms with Crippen LogP contribution in [0.1, 0.15) is 23.2 Å². The summed E-state index contributed by atoms with van der Waals surface area (Å²) in [5, 5.41) is 0. The first-order valence-corrected chi connectivity index (χ1v) is 8.55. The van der Waals surface area contributed by atoms with Crippen molar-refractivity contribution in [2.45, 2.75) is 12.8 Å². The Hall–Kier alpha value is -2.77. The number of piperidine rings is 1. The number of rotatable bonds is 5. The molecule has 138 valence electrons. The number of carbonyl (C=O) groups excluding carboxylic acids is 1. The van der Waals surface area contributed by atoms with Crippen molar-refractivity contribution in [2.24, 2.45) is 5.92 Å². The number of nitrogens with zero attached hydrogens (tertiary/aromatic N) is 5. The quantitative estimate of drug-likeness (QED) is 0.813. The molecule has 0 saturated carbocycles. The lowest BCUT2D eigenvalue weighted by atomic mass is 9.96. The molecule has 1 amide bonds. The van der Waals surface area contributed by atoms with E-state index in [1.165, 1.54) is 12.3 Å². The van der Waals surface area contributed by atoms with E-state index in [9.17, 15) is 9.18 Å². The van der Waals surface area contributed by atoms with Gasteiger partial charge in [0.15, 0.2) is 11.6 Å². The maximum absolute atomic E-state index is 13.8. The molecule has 0 aromatic carbocycles. The van der Waals surface area contributed by atoms with Gasteiger partial charge in [0.1, 0.15) is 0 Å². The Morgan fingerprint density at radius 2 is 2.04 bits per heavy atom. The molecule has 2 aromatic heterocycles. The van der Waals surface area contributed by atoms with Crippen LogP contribution in [0, 0.1) is 11.7 Å².